The highest BCUT2D eigenvalue weighted by atomic mass is 35.6. The summed E-state index contributed by atoms with van der Waals surface area (Å²) >= 11 is 14.4. The lowest BCUT2D eigenvalue weighted by atomic mass is 10.4. The van der Waals surface area contributed by atoms with Crippen LogP contribution in [-0.2, 0) is 0 Å². The minimum atomic E-state index is -0.750. The number of rotatable bonds is 1. The number of halogens is 3. The standard InChI is InChI=1S/C4H10.CHCl3/c1-3-4-2;2-1(3)4/h3-4H2,1-2H3;1H. The Morgan fingerprint density at radius 3 is 1.12 bits per heavy atom. The van der Waals surface area contributed by atoms with Gasteiger partial charge < -0.3 is 0 Å². The van der Waals surface area contributed by atoms with Crippen molar-refractivity contribution in [2.45, 2.75) is 31.0 Å². The van der Waals surface area contributed by atoms with Crippen molar-refractivity contribution >= 4 is 34.8 Å². The fraction of sp³-hybridized carbons (Fsp3) is 1.00. The van der Waals surface area contributed by atoms with E-state index in [1.165, 1.54) is 12.8 Å². The van der Waals surface area contributed by atoms with Gasteiger partial charge in [-0.3, -0.25) is 0 Å². The molecule has 0 aliphatic heterocycles. The summed E-state index contributed by atoms with van der Waals surface area (Å²) in [5, 5.41) is 0. The fourth-order valence-electron chi connectivity index (χ4n) is 0. The monoisotopic (exact) mass is 176 g/mol. The highest BCUT2D eigenvalue weighted by Crippen LogP contribution is 2.03. The van der Waals surface area contributed by atoms with Crippen LogP contribution in [0.5, 0.6) is 0 Å². The summed E-state index contributed by atoms with van der Waals surface area (Å²) in [6.45, 7) is 4.36. The number of alkyl halides is 3. The molecule has 0 aliphatic carbocycles. The first-order valence-electron chi connectivity index (χ1n) is 2.57. The van der Waals surface area contributed by atoms with Crippen LogP contribution in [0.2, 0.25) is 0 Å². The van der Waals surface area contributed by atoms with Crippen LogP contribution >= 0.6 is 34.8 Å². The molecule has 0 rings (SSSR count). The number of hydrogen-bond acceptors (Lipinski definition) is 0. The zero-order chi connectivity index (χ0) is 6.99. The predicted molar refractivity (Wildman–Crippen MR) is 41.9 cm³/mol. The van der Waals surface area contributed by atoms with E-state index in [1.807, 2.05) is 0 Å². The summed E-state index contributed by atoms with van der Waals surface area (Å²) in [5.41, 5.74) is 0. The summed E-state index contributed by atoms with van der Waals surface area (Å²) < 4.78 is -0.750. The predicted octanol–water partition coefficient (Wildman–Crippen LogP) is 3.79. The van der Waals surface area contributed by atoms with Crippen LogP contribution in [0.25, 0.3) is 0 Å². The first kappa shape index (κ1) is 11.6. The SMILES string of the molecule is CCCC.ClC(Cl)Cl. The zero-order valence-corrected chi connectivity index (χ0v) is 7.39. The Kier molecular flexibility index (Phi) is 15.7. The molecule has 0 saturated heterocycles. The molecule has 0 aliphatic rings. The lowest BCUT2D eigenvalue weighted by molar-refractivity contribution is 0.886. The highest BCUT2D eigenvalue weighted by Gasteiger charge is 1.78. The Morgan fingerprint density at radius 1 is 1.00 bits per heavy atom. The van der Waals surface area contributed by atoms with Crippen LogP contribution < -0.4 is 0 Å². The Balaban J connectivity index is 0. The van der Waals surface area contributed by atoms with Crippen LogP contribution in [0.3, 0.4) is 0 Å². The van der Waals surface area contributed by atoms with Crippen molar-refractivity contribution in [3.05, 3.63) is 0 Å². The molecule has 8 heavy (non-hydrogen) atoms. The molecular weight excluding hydrogens is 166 g/mol. The van der Waals surface area contributed by atoms with Crippen molar-refractivity contribution < 1.29 is 0 Å². The molecule has 0 unspecified atom stereocenters. The van der Waals surface area contributed by atoms with Crippen molar-refractivity contribution in [2.75, 3.05) is 0 Å². The maximum Gasteiger partial charge on any atom is 0.180 e. The van der Waals surface area contributed by atoms with Gasteiger partial charge in [0.05, 0.1) is 0 Å². The van der Waals surface area contributed by atoms with Gasteiger partial charge in [-0.1, -0.05) is 61.5 Å². The molecule has 0 spiro atoms. The quantitative estimate of drug-likeness (QED) is 0.535. The van der Waals surface area contributed by atoms with E-state index >= 15 is 0 Å². The van der Waals surface area contributed by atoms with Crippen molar-refractivity contribution in [1.82, 2.24) is 0 Å². The van der Waals surface area contributed by atoms with Crippen LogP contribution in [0.15, 0.2) is 0 Å². The molecule has 3 heteroatoms. The van der Waals surface area contributed by atoms with Crippen molar-refractivity contribution in [2.24, 2.45) is 0 Å². The second-order valence-electron chi connectivity index (χ2n) is 1.25. The molecule has 0 aromatic carbocycles. The third-order valence-electron chi connectivity index (χ3n) is 0.500. The lowest BCUT2D eigenvalue weighted by Crippen LogP contribution is -1.55. The van der Waals surface area contributed by atoms with Gasteiger partial charge in [-0.25, -0.2) is 0 Å². The molecular formula is C5H11Cl3. The van der Waals surface area contributed by atoms with Crippen LogP contribution in [0, 0.1) is 0 Å². The van der Waals surface area contributed by atoms with Crippen molar-refractivity contribution in [1.29, 1.82) is 0 Å². The topological polar surface area (TPSA) is 0 Å². The third kappa shape index (κ3) is 67.7. The maximum atomic E-state index is 4.81. The molecule has 0 amide bonds. The molecule has 0 bridgehead atoms. The summed E-state index contributed by atoms with van der Waals surface area (Å²) in [4.78, 5) is 0. The normalized spacial score (nSPS) is 8.25. The van der Waals surface area contributed by atoms with Crippen LogP contribution in [-0.4, -0.2) is 4.30 Å². The molecule has 0 fully saturated rings. The number of unbranched alkanes of at least 4 members (excludes halogenated alkanes) is 1. The molecule has 0 radical (unpaired) electrons. The highest BCUT2D eigenvalue weighted by molar-refractivity contribution is 6.63. The summed E-state index contributed by atoms with van der Waals surface area (Å²) in [6, 6.07) is 0. The van der Waals surface area contributed by atoms with E-state index in [2.05, 4.69) is 13.8 Å². The van der Waals surface area contributed by atoms with E-state index in [1.54, 1.807) is 0 Å². The number of hydrogen-bond donors (Lipinski definition) is 0. The van der Waals surface area contributed by atoms with Gasteiger partial charge in [0.25, 0.3) is 0 Å². The Morgan fingerprint density at radius 2 is 1.12 bits per heavy atom. The first-order valence-corrected chi connectivity index (χ1v) is 3.88. The van der Waals surface area contributed by atoms with Crippen molar-refractivity contribution in [3.63, 3.8) is 0 Å². The van der Waals surface area contributed by atoms with Gasteiger partial charge in [0.15, 0.2) is 4.30 Å². The molecule has 0 N–H and O–H groups in total. The molecule has 0 heterocycles. The molecule has 0 aromatic rings. The zero-order valence-electron chi connectivity index (χ0n) is 5.13. The minimum Gasteiger partial charge on any atom is -0.0874 e. The fourth-order valence-corrected chi connectivity index (χ4v) is 0. The smallest absolute Gasteiger partial charge is 0.0874 e. The molecule has 0 aromatic heterocycles. The van der Waals surface area contributed by atoms with Gasteiger partial charge in [0, 0.05) is 0 Å². The Hall–Kier alpha value is 0.870. The maximum absolute atomic E-state index is 4.81. The average Bonchev–Trinajstić information content (AvgIpc) is 1.65. The second-order valence-corrected chi connectivity index (χ2v) is 3.23. The third-order valence-corrected chi connectivity index (χ3v) is 0.500. The molecule has 0 atom stereocenters. The van der Waals surface area contributed by atoms with Gasteiger partial charge in [-0.05, 0) is 0 Å². The average molecular weight is 178 g/mol. The van der Waals surface area contributed by atoms with E-state index in [4.69, 9.17) is 34.8 Å². The van der Waals surface area contributed by atoms with E-state index in [-0.39, 0.29) is 0 Å². The molecule has 0 saturated carbocycles. The van der Waals surface area contributed by atoms with Crippen LogP contribution in [0.1, 0.15) is 26.7 Å². The summed E-state index contributed by atoms with van der Waals surface area (Å²) in [6.07, 6.45) is 2.64. The Bertz CT molecular complexity index is 24.1. The minimum absolute atomic E-state index is 0.750. The Labute approximate surface area is 66.1 Å². The van der Waals surface area contributed by atoms with Gasteiger partial charge in [-0.15, -0.1) is 0 Å². The second kappa shape index (κ2) is 10.8. The van der Waals surface area contributed by atoms with E-state index in [0.29, 0.717) is 0 Å². The first-order chi connectivity index (χ1) is 3.65. The molecule has 52 valence electrons. The van der Waals surface area contributed by atoms with Gasteiger partial charge >= 0.3 is 0 Å². The van der Waals surface area contributed by atoms with E-state index in [0.717, 1.165) is 0 Å². The van der Waals surface area contributed by atoms with E-state index < -0.39 is 4.30 Å². The lowest BCUT2D eigenvalue weighted by Gasteiger charge is -1.69. The summed E-state index contributed by atoms with van der Waals surface area (Å²) in [5.74, 6) is 0. The summed E-state index contributed by atoms with van der Waals surface area (Å²) in [7, 11) is 0. The van der Waals surface area contributed by atoms with E-state index in [9.17, 15) is 0 Å². The van der Waals surface area contributed by atoms with Gasteiger partial charge in [0.2, 0.25) is 0 Å². The largest absolute Gasteiger partial charge is 0.180 e. The van der Waals surface area contributed by atoms with Crippen molar-refractivity contribution in [3.8, 4) is 0 Å². The van der Waals surface area contributed by atoms with Crippen LogP contribution in [0.4, 0.5) is 0 Å². The van der Waals surface area contributed by atoms with Gasteiger partial charge in [0.1, 0.15) is 0 Å². The van der Waals surface area contributed by atoms with Gasteiger partial charge in [-0.2, -0.15) is 0 Å². The molecule has 0 nitrogen and oxygen atoms in total.